The number of amides is 2. The molecule has 4 nitrogen and oxygen atoms in total. The SMILES string of the molecule is CCCOc1cc(C)ccc1NC(=O)NC(C)C(C)C. The van der Waals surface area contributed by atoms with Crippen LogP contribution < -0.4 is 15.4 Å². The highest BCUT2D eigenvalue weighted by atomic mass is 16.5. The van der Waals surface area contributed by atoms with Gasteiger partial charge >= 0.3 is 6.03 Å². The summed E-state index contributed by atoms with van der Waals surface area (Å²) in [5.41, 5.74) is 1.81. The summed E-state index contributed by atoms with van der Waals surface area (Å²) in [5, 5.41) is 5.78. The maximum Gasteiger partial charge on any atom is 0.319 e. The first-order chi connectivity index (χ1) is 9.43. The Morgan fingerprint density at radius 1 is 1.30 bits per heavy atom. The molecule has 0 aromatic heterocycles. The normalized spacial score (nSPS) is 12.1. The van der Waals surface area contributed by atoms with E-state index in [-0.39, 0.29) is 12.1 Å². The van der Waals surface area contributed by atoms with Crippen LogP contribution in [0.2, 0.25) is 0 Å². The largest absolute Gasteiger partial charge is 0.491 e. The van der Waals surface area contributed by atoms with Crippen LogP contribution in [0.5, 0.6) is 5.75 Å². The number of ether oxygens (including phenoxy) is 1. The Hall–Kier alpha value is -1.71. The summed E-state index contributed by atoms with van der Waals surface area (Å²) < 4.78 is 5.68. The summed E-state index contributed by atoms with van der Waals surface area (Å²) in [7, 11) is 0. The van der Waals surface area contributed by atoms with Gasteiger partial charge in [-0.3, -0.25) is 0 Å². The van der Waals surface area contributed by atoms with Crippen LogP contribution in [0.25, 0.3) is 0 Å². The summed E-state index contributed by atoms with van der Waals surface area (Å²) in [5.74, 6) is 1.12. The number of aryl methyl sites for hydroxylation is 1. The van der Waals surface area contributed by atoms with Crippen molar-refractivity contribution in [2.24, 2.45) is 5.92 Å². The molecular formula is C16H26N2O2. The van der Waals surface area contributed by atoms with Gasteiger partial charge < -0.3 is 15.4 Å². The third-order valence-corrected chi connectivity index (χ3v) is 3.21. The van der Waals surface area contributed by atoms with Crippen molar-refractivity contribution in [2.75, 3.05) is 11.9 Å². The molecule has 1 rings (SSSR count). The van der Waals surface area contributed by atoms with Crippen molar-refractivity contribution in [3.05, 3.63) is 23.8 Å². The van der Waals surface area contributed by atoms with Gasteiger partial charge in [0.1, 0.15) is 5.75 Å². The van der Waals surface area contributed by atoms with E-state index < -0.39 is 0 Å². The van der Waals surface area contributed by atoms with E-state index >= 15 is 0 Å². The number of benzene rings is 1. The van der Waals surface area contributed by atoms with E-state index in [0.717, 1.165) is 17.7 Å². The second-order valence-electron chi connectivity index (χ2n) is 5.48. The minimum atomic E-state index is -0.198. The monoisotopic (exact) mass is 278 g/mol. The Morgan fingerprint density at radius 3 is 2.60 bits per heavy atom. The molecule has 0 aliphatic rings. The molecule has 2 N–H and O–H groups in total. The zero-order chi connectivity index (χ0) is 15.1. The molecule has 112 valence electrons. The number of nitrogens with one attached hydrogen (secondary N) is 2. The number of rotatable bonds is 6. The fourth-order valence-electron chi connectivity index (χ4n) is 1.60. The lowest BCUT2D eigenvalue weighted by Crippen LogP contribution is -2.39. The van der Waals surface area contributed by atoms with Crippen LogP contribution in [0.3, 0.4) is 0 Å². The summed E-state index contributed by atoms with van der Waals surface area (Å²) in [6.07, 6.45) is 0.934. The molecule has 0 aliphatic carbocycles. The number of anilines is 1. The van der Waals surface area contributed by atoms with E-state index in [9.17, 15) is 4.79 Å². The lowest BCUT2D eigenvalue weighted by atomic mass is 10.1. The lowest BCUT2D eigenvalue weighted by Gasteiger charge is -2.19. The Balaban J connectivity index is 2.73. The van der Waals surface area contributed by atoms with Crippen molar-refractivity contribution >= 4 is 11.7 Å². The molecule has 1 atom stereocenters. The molecule has 0 saturated heterocycles. The molecule has 1 aromatic carbocycles. The molecule has 0 radical (unpaired) electrons. The van der Waals surface area contributed by atoms with E-state index in [2.05, 4.69) is 31.4 Å². The van der Waals surface area contributed by atoms with Crippen molar-refractivity contribution in [1.29, 1.82) is 0 Å². The summed E-state index contributed by atoms with van der Waals surface area (Å²) in [6.45, 7) is 10.8. The maximum atomic E-state index is 12.0. The van der Waals surface area contributed by atoms with Gasteiger partial charge in [-0.05, 0) is 43.9 Å². The molecule has 1 aromatic rings. The molecule has 0 aliphatic heterocycles. The summed E-state index contributed by atoms with van der Waals surface area (Å²) >= 11 is 0. The fraction of sp³-hybridized carbons (Fsp3) is 0.562. The van der Waals surface area contributed by atoms with Gasteiger partial charge in [-0.15, -0.1) is 0 Å². The number of hydrogen-bond donors (Lipinski definition) is 2. The molecule has 0 fully saturated rings. The van der Waals surface area contributed by atoms with Crippen LogP contribution in [0.15, 0.2) is 18.2 Å². The quantitative estimate of drug-likeness (QED) is 0.827. The Bertz CT molecular complexity index is 444. The van der Waals surface area contributed by atoms with Gasteiger partial charge in [0.25, 0.3) is 0 Å². The first-order valence-electron chi connectivity index (χ1n) is 7.25. The van der Waals surface area contributed by atoms with E-state index in [4.69, 9.17) is 4.74 Å². The van der Waals surface area contributed by atoms with Crippen molar-refractivity contribution in [2.45, 2.75) is 47.1 Å². The van der Waals surface area contributed by atoms with Gasteiger partial charge in [0, 0.05) is 6.04 Å². The van der Waals surface area contributed by atoms with Gasteiger partial charge in [-0.2, -0.15) is 0 Å². The molecule has 20 heavy (non-hydrogen) atoms. The predicted octanol–water partition coefficient (Wildman–Crippen LogP) is 3.95. The minimum absolute atomic E-state index is 0.125. The molecule has 2 amide bonds. The highest BCUT2D eigenvalue weighted by Crippen LogP contribution is 2.25. The number of carbonyl (C=O) groups excluding carboxylic acids is 1. The number of carbonyl (C=O) groups is 1. The molecule has 4 heteroatoms. The van der Waals surface area contributed by atoms with Gasteiger partial charge in [-0.25, -0.2) is 4.79 Å². The minimum Gasteiger partial charge on any atom is -0.491 e. The number of hydrogen-bond acceptors (Lipinski definition) is 2. The molecule has 0 heterocycles. The Labute approximate surface area is 121 Å². The van der Waals surface area contributed by atoms with E-state index in [1.807, 2.05) is 32.0 Å². The highest BCUT2D eigenvalue weighted by Gasteiger charge is 2.12. The topological polar surface area (TPSA) is 50.4 Å². The maximum absolute atomic E-state index is 12.0. The first kappa shape index (κ1) is 16.3. The smallest absolute Gasteiger partial charge is 0.319 e. The van der Waals surface area contributed by atoms with Gasteiger partial charge in [0.2, 0.25) is 0 Å². The average molecular weight is 278 g/mol. The van der Waals surface area contributed by atoms with Gasteiger partial charge in [-0.1, -0.05) is 26.8 Å². The van der Waals surface area contributed by atoms with E-state index in [0.29, 0.717) is 18.2 Å². The van der Waals surface area contributed by atoms with Crippen LogP contribution in [-0.4, -0.2) is 18.7 Å². The average Bonchev–Trinajstić information content (AvgIpc) is 2.38. The van der Waals surface area contributed by atoms with Crippen molar-refractivity contribution in [3.8, 4) is 5.75 Å². The van der Waals surface area contributed by atoms with Gasteiger partial charge in [0.05, 0.1) is 12.3 Å². The Kier molecular flexibility index (Phi) is 6.36. The van der Waals surface area contributed by atoms with E-state index in [1.165, 1.54) is 0 Å². The zero-order valence-electron chi connectivity index (χ0n) is 13.1. The first-order valence-corrected chi connectivity index (χ1v) is 7.25. The predicted molar refractivity (Wildman–Crippen MR) is 83.4 cm³/mol. The summed E-state index contributed by atoms with van der Waals surface area (Å²) in [4.78, 5) is 12.0. The zero-order valence-corrected chi connectivity index (χ0v) is 13.1. The third kappa shape index (κ3) is 5.11. The lowest BCUT2D eigenvalue weighted by molar-refractivity contribution is 0.245. The highest BCUT2D eigenvalue weighted by molar-refractivity contribution is 5.91. The van der Waals surface area contributed by atoms with Crippen molar-refractivity contribution in [1.82, 2.24) is 5.32 Å². The van der Waals surface area contributed by atoms with Crippen molar-refractivity contribution < 1.29 is 9.53 Å². The van der Waals surface area contributed by atoms with E-state index in [1.54, 1.807) is 0 Å². The van der Waals surface area contributed by atoms with Crippen LogP contribution in [-0.2, 0) is 0 Å². The van der Waals surface area contributed by atoms with Crippen LogP contribution in [0, 0.1) is 12.8 Å². The molecule has 0 spiro atoms. The van der Waals surface area contributed by atoms with Gasteiger partial charge in [0.15, 0.2) is 0 Å². The molecule has 0 bridgehead atoms. The molecule has 0 saturated carbocycles. The van der Waals surface area contributed by atoms with Crippen LogP contribution in [0.4, 0.5) is 10.5 Å². The third-order valence-electron chi connectivity index (χ3n) is 3.21. The standard InChI is InChI=1S/C16H26N2O2/c1-6-9-20-15-10-12(4)7-8-14(15)18-16(19)17-13(5)11(2)3/h7-8,10-11,13H,6,9H2,1-5H3,(H2,17,18,19). The van der Waals surface area contributed by atoms with Crippen LogP contribution >= 0.6 is 0 Å². The van der Waals surface area contributed by atoms with Crippen molar-refractivity contribution in [3.63, 3.8) is 0 Å². The Morgan fingerprint density at radius 2 is 2.00 bits per heavy atom. The summed E-state index contributed by atoms with van der Waals surface area (Å²) in [6, 6.07) is 5.70. The molecule has 1 unspecified atom stereocenters. The molecular weight excluding hydrogens is 252 g/mol. The van der Waals surface area contributed by atoms with Crippen LogP contribution in [0.1, 0.15) is 39.7 Å². The second-order valence-corrected chi connectivity index (χ2v) is 5.48. The number of urea groups is 1. The fourth-order valence-corrected chi connectivity index (χ4v) is 1.60. The second kappa shape index (κ2) is 7.78.